The fourth-order valence-electron chi connectivity index (χ4n) is 2.46. The summed E-state index contributed by atoms with van der Waals surface area (Å²) in [6, 6.07) is 2.41. The number of rotatable bonds is 2. The van der Waals surface area contributed by atoms with E-state index in [1.807, 2.05) is 13.8 Å². The Labute approximate surface area is 117 Å². The highest BCUT2D eigenvalue weighted by Gasteiger charge is 2.35. The highest BCUT2D eigenvalue weighted by molar-refractivity contribution is 5.98. The Morgan fingerprint density at radius 1 is 1.35 bits per heavy atom. The van der Waals surface area contributed by atoms with Gasteiger partial charge in [-0.15, -0.1) is 0 Å². The van der Waals surface area contributed by atoms with Gasteiger partial charge in [-0.25, -0.2) is 0 Å². The van der Waals surface area contributed by atoms with Gasteiger partial charge in [0.2, 0.25) is 11.5 Å². The van der Waals surface area contributed by atoms with Gasteiger partial charge >= 0.3 is 0 Å². The number of hydrogen-bond donors (Lipinski definition) is 1. The van der Waals surface area contributed by atoms with E-state index < -0.39 is 6.04 Å². The normalized spacial score (nSPS) is 19.1. The molecule has 0 aromatic carbocycles. The largest absolute Gasteiger partial charge is 0.353 e. The zero-order valence-corrected chi connectivity index (χ0v) is 11.9. The van der Waals surface area contributed by atoms with Crippen LogP contribution in [0.5, 0.6) is 0 Å². The van der Waals surface area contributed by atoms with Gasteiger partial charge in [-0.2, -0.15) is 0 Å². The van der Waals surface area contributed by atoms with Crippen molar-refractivity contribution < 1.29 is 9.59 Å². The first kappa shape index (κ1) is 14.3. The molecule has 2 heterocycles. The predicted octanol–water partition coefficient (Wildman–Crippen LogP) is -0.0181. The first-order chi connectivity index (χ1) is 9.41. The first-order valence-electron chi connectivity index (χ1n) is 6.67. The average Bonchev–Trinajstić information content (AvgIpc) is 2.40. The molecule has 1 saturated heterocycles. The second-order valence-electron chi connectivity index (χ2n) is 5.35. The van der Waals surface area contributed by atoms with Crippen molar-refractivity contribution in [2.75, 3.05) is 13.1 Å². The van der Waals surface area contributed by atoms with Crippen LogP contribution < -0.4 is 10.9 Å². The summed E-state index contributed by atoms with van der Waals surface area (Å²) in [5.41, 5.74) is 0.255. The predicted molar refractivity (Wildman–Crippen MR) is 74.4 cm³/mol. The second-order valence-corrected chi connectivity index (χ2v) is 5.35. The lowest BCUT2D eigenvalue weighted by molar-refractivity contribution is -0.129. The zero-order chi connectivity index (χ0) is 14.9. The number of carbonyl (C=O) groups excluding carboxylic acids is 2. The molecule has 0 saturated carbocycles. The van der Waals surface area contributed by atoms with E-state index in [1.165, 1.54) is 22.9 Å². The average molecular weight is 277 g/mol. The van der Waals surface area contributed by atoms with Crippen molar-refractivity contribution in [3.8, 4) is 0 Å². The maximum atomic E-state index is 12.6. The summed E-state index contributed by atoms with van der Waals surface area (Å²) in [5.74, 6) is -0.301. The molecular formula is C14H19N3O3. The maximum Gasteiger partial charge on any atom is 0.256 e. The molecule has 20 heavy (non-hydrogen) atoms. The van der Waals surface area contributed by atoms with Crippen LogP contribution in [0.2, 0.25) is 0 Å². The van der Waals surface area contributed by atoms with E-state index in [0.717, 1.165) is 0 Å². The Balaban J connectivity index is 2.32. The number of aromatic nitrogens is 1. The second kappa shape index (κ2) is 5.48. The third-order valence-electron chi connectivity index (χ3n) is 3.48. The summed E-state index contributed by atoms with van der Waals surface area (Å²) in [6.45, 7) is 4.77. The highest BCUT2D eigenvalue weighted by atomic mass is 16.2. The van der Waals surface area contributed by atoms with Gasteiger partial charge in [0.25, 0.3) is 5.91 Å². The fourth-order valence-corrected chi connectivity index (χ4v) is 2.46. The van der Waals surface area contributed by atoms with Crippen molar-refractivity contribution in [2.45, 2.75) is 19.9 Å². The van der Waals surface area contributed by atoms with Crippen LogP contribution in [-0.2, 0) is 11.8 Å². The van der Waals surface area contributed by atoms with E-state index in [2.05, 4.69) is 5.32 Å². The molecular weight excluding hydrogens is 258 g/mol. The van der Waals surface area contributed by atoms with E-state index in [9.17, 15) is 14.4 Å². The van der Waals surface area contributed by atoms with E-state index in [-0.39, 0.29) is 23.3 Å². The van der Waals surface area contributed by atoms with Crippen LogP contribution in [0, 0.1) is 5.92 Å². The molecule has 0 spiro atoms. The van der Waals surface area contributed by atoms with Crippen molar-refractivity contribution in [3.05, 3.63) is 34.2 Å². The Morgan fingerprint density at radius 2 is 2.05 bits per heavy atom. The minimum absolute atomic E-state index is 0.0341. The van der Waals surface area contributed by atoms with Gasteiger partial charge in [-0.3, -0.25) is 14.4 Å². The SMILES string of the molecule is CC(C)C1C(=O)NCCN1C(=O)c1ccc(=O)n(C)c1. The van der Waals surface area contributed by atoms with E-state index >= 15 is 0 Å². The van der Waals surface area contributed by atoms with Gasteiger partial charge in [-0.05, 0) is 12.0 Å². The van der Waals surface area contributed by atoms with Crippen LogP contribution in [0.4, 0.5) is 0 Å². The van der Waals surface area contributed by atoms with Crippen LogP contribution in [0.25, 0.3) is 0 Å². The van der Waals surface area contributed by atoms with E-state index in [4.69, 9.17) is 0 Å². The standard InChI is InChI=1S/C14H19N3O3/c1-9(2)12-13(19)15-6-7-17(12)14(20)10-4-5-11(18)16(3)8-10/h4-5,8-9,12H,6-7H2,1-3H3,(H,15,19). The van der Waals surface area contributed by atoms with Crippen LogP contribution in [-0.4, -0.2) is 40.4 Å². The number of carbonyl (C=O) groups is 2. The molecule has 2 rings (SSSR count). The molecule has 1 fully saturated rings. The molecule has 1 aromatic heterocycles. The zero-order valence-electron chi connectivity index (χ0n) is 11.9. The van der Waals surface area contributed by atoms with Crippen molar-refractivity contribution >= 4 is 11.8 Å². The lowest BCUT2D eigenvalue weighted by Crippen LogP contribution is -2.59. The minimum Gasteiger partial charge on any atom is -0.353 e. The number of pyridine rings is 1. The first-order valence-corrected chi connectivity index (χ1v) is 6.67. The van der Waals surface area contributed by atoms with Gasteiger partial charge < -0.3 is 14.8 Å². The summed E-state index contributed by atoms with van der Waals surface area (Å²) in [5, 5.41) is 2.78. The Hall–Kier alpha value is -2.11. The fraction of sp³-hybridized carbons (Fsp3) is 0.500. The molecule has 1 aromatic rings. The smallest absolute Gasteiger partial charge is 0.256 e. The highest BCUT2D eigenvalue weighted by Crippen LogP contribution is 2.17. The molecule has 1 aliphatic rings. The number of amides is 2. The van der Waals surface area contributed by atoms with Crippen molar-refractivity contribution in [3.63, 3.8) is 0 Å². The number of nitrogens with zero attached hydrogens (tertiary/aromatic N) is 2. The third-order valence-corrected chi connectivity index (χ3v) is 3.48. The molecule has 1 aliphatic heterocycles. The quantitative estimate of drug-likeness (QED) is 0.826. The lowest BCUT2D eigenvalue weighted by Gasteiger charge is -2.37. The van der Waals surface area contributed by atoms with Gasteiger partial charge in [0, 0.05) is 32.4 Å². The summed E-state index contributed by atoms with van der Waals surface area (Å²) in [6.07, 6.45) is 1.51. The molecule has 0 aliphatic carbocycles. The summed E-state index contributed by atoms with van der Waals surface area (Å²) in [4.78, 5) is 37.5. The molecule has 0 radical (unpaired) electrons. The summed E-state index contributed by atoms with van der Waals surface area (Å²) < 4.78 is 1.36. The molecule has 2 amide bonds. The molecule has 1 unspecified atom stereocenters. The number of aryl methyl sites for hydroxylation is 1. The van der Waals surface area contributed by atoms with Crippen LogP contribution in [0.3, 0.4) is 0 Å². The molecule has 1 N–H and O–H groups in total. The van der Waals surface area contributed by atoms with Crippen LogP contribution in [0.1, 0.15) is 24.2 Å². The number of nitrogens with one attached hydrogen (secondary N) is 1. The monoisotopic (exact) mass is 277 g/mol. The molecule has 0 bridgehead atoms. The Kier molecular flexibility index (Phi) is 3.92. The number of hydrogen-bond acceptors (Lipinski definition) is 3. The topological polar surface area (TPSA) is 71.4 Å². The van der Waals surface area contributed by atoms with Crippen molar-refractivity contribution in [2.24, 2.45) is 13.0 Å². The molecule has 108 valence electrons. The van der Waals surface area contributed by atoms with E-state index in [0.29, 0.717) is 18.7 Å². The molecule has 6 heteroatoms. The van der Waals surface area contributed by atoms with Crippen molar-refractivity contribution in [1.82, 2.24) is 14.8 Å². The minimum atomic E-state index is -0.464. The summed E-state index contributed by atoms with van der Waals surface area (Å²) in [7, 11) is 1.60. The molecule has 6 nitrogen and oxygen atoms in total. The van der Waals surface area contributed by atoms with Gasteiger partial charge in [0.1, 0.15) is 6.04 Å². The Bertz CT molecular complexity index is 592. The van der Waals surface area contributed by atoms with Gasteiger partial charge in [0.05, 0.1) is 5.56 Å². The van der Waals surface area contributed by atoms with E-state index in [1.54, 1.807) is 11.9 Å². The maximum absolute atomic E-state index is 12.6. The lowest BCUT2D eigenvalue weighted by atomic mass is 9.99. The Morgan fingerprint density at radius 3 is 2.65 bits per heavy atom. The van der Waals surface area contributed by atoms with Gasteiger partial charge in [0.15, 0.2) is 0 Å². The third kappa shape index (κ3) is 2.59. The summed E-state index contributed by atoms with van der Waals surface area (Å²) >= 11 is 0. The van der Waals surface area contributed by atoms with Crippen LogP contribution in [0.15, 0.2) is 23.1 Å². The van der Waals surface area contributed by atoms with Gasteiger partial charge in [-0.1, -0.05) is 13.8 Å². The van der Waals surface area contributed by atoms with Crippen molar-refractivity contribution in [1.29, 1.82) is 0 Å². The van der Waals surface area contributed by atoms with Crippen LogP contribution >= 0.6 is 0 Å². The molecule has 1 atom stereocenters. The number of piperazine rings is 1.